The highest BCUT2D eigenvalue weighted by Crippen LogP contribution is 2.35. The Hall–Kier alpha value is -1.16. The first-order valence-corrected chi connectivity index (χ1v) is 7.40. The summed E-state index contributed by atoms with van der Waals surface area (Å²) in [7, 11) is 0. The molecule has 0 aromatic heterocycles. The fourth-order valence-corrected chi connectivity index (χ4v) is 2.59. The maximum absolute atomic E-state index is 12.4. The van der Waals surface area contributed by atoms with E-state index in [4.69, 9.17) is 0 Å². The Kier molecular flexibility index (Phi) is 5.35. The highest BCUT2D eigenvalue weighted by Gasteiger charge is 2.26. The molecule has 0 radical (unpaired) electrons. The Morgan fingerprint density at radius 1 is 1.30 bits per heavy atom. The fourth-order valence-electron chi connectivity index (χ4n) is 2.59. The van der Waals surface area contributed by atoms with Crippen LogP contribution in [-0.4, -0.2) is 12.7 Å². The molecule has 0 heterocycles. The lowest BCUT2D eigenvalue weighted by Crippen LogP contribution is -2.31. The molecule has 2 nitrogen and oxygen atoms in total. The Morgan fingerprint density at radius 3 is 2.60 bits per heavy atom. The van der Waals surface area contributed by atoms with E-state index in [1.54, 1.807) is 12.1 Å². The van der Waals surface area contributed by atoms with Crippen molar-refractivity contribution >= 4 is 0 Å². The number of ether oxygens (including phenoxy) is 1. The molecule has 1 aliphatic carbocycles. The molecule has 0 spiro atoms. The van der Waals surface area contributed by atoms with Crippen molar-refractivity contribution in [3.05, 3.63) is 29.8 Å². The third kappa shape index (κ3) is 4.44. The number of benzene rings is 1. The second kappa shape index (κ2) is 7.02. The van der Waals surface area contributed by atoms with Crippen LogP contribution < -0.4 is 10.1 Å². The summed E-state index contributed by atoms with van der Waals surface area (Å²) in [4.78, 5) is 0. The molecule has 1 fully saturated rings. The standard InChI is InChI=1S/C16H23F2NO/c1-3-13(10-12-8-9-12)19-11(2)14-6-4-5-7-15(14)20-16(17)18/h4-7,11-13,16,19H,3,8-10H2,1-2H3. The van der Waals surface area contributed by atoms with Gasteiger partial charge in [-0.3, -0.25) is 0 Å². The van der Waals surface area contributed by atoms with Gasteiger partial charge in [0, 0.05) is 17.6 Å². The zero-order chi connectivity index (χ0) is 14.5. The fraction of sp³-hybridized carbons (Fsp3) is 0.625. The smallest absolute Gasteiger partial charge is 0.387 e. The molecule has 112 valence electrons. The molecular weight excluding hydrogens is 260 g/mol. The summed E-state index contributed by atoms with van der Waals surface area (Å²) in [5, 5.41) is 3.54. The maximum Gasteiger partial charge on any atom is 0.387 e. The van der Waals surface area contributed by atoms with Crippen LogP contribution in [0, 0.1) is 5.92 Å². The number of hydrogen-bond acceptors (Lipinski definition) is 2. The lowest BCUT2D eigenvalue weighted by Gasteiger charge is -2.24. The largest absolute Gasteiger partial charge is 0.434 e. The first-order valence-electron chi connectivity index (χ1n) is 7.40. The van der Waals surface area contributed by atoms with E-state index in [9.17, 15) is 8.78 Å². The maximum atomic E-state index is 12.4. The Balaban J connectivity index is 2.01. The van der Waals surface area contributed by atoms with Crippen molar-refractivity contribution in [1.29, 1.82) is 0 Å². The SMILES string of the molecule is CCC(CC1CC1)NC(C)c1ccccc1OC(F)F. The van der Waals surface area contributed by atoms with Crippen molar-refractivity contribution < 1.29 is 13.5 Å². The minimum absolute atomic E-state index is 0.00801. The predicted molar refractivity (Wildman–Crippen MR) is 76.0 cm³/mol. The second-order valence-electron chi connectivity index (χ2n) is 5.59. The van der Waals surface area contributed by atoms with Crippen LogP contribution in [0.3, 0.4) is 0 Å². The minimum atomic E-state index is -2.78. The van der Waals surface area contributed by atoms with E-state index >= 15 is 0 Å². The van der Waals surface area contributed by atoms with Gasteiger partial charge in [0.25, 0.3) is 0 Å². The van der Waals surface area contributed by atoms with Crippen LogP contribution in [0.15, 0.2) is 24.3 Å². The van der Waals surface area contributed by atoms with Gasteiger partial charge in [0.15, 0.2) is 0 Å². The average Bonchev–Trinajstić information content (AvgIpc) is 3.21. The Bertz CT molecular complexity index is 421. The molecule has 1 N–H and O–H groups in total. The van der Waals surface area contributed by atoms with E-state index in [0.717, 1.165) is 17.9 Å². The quantitative estimate of drug-likeness (QED) is 0.757. The molecule has 0 bridgehead atoms. The molecule has 0 aliphatic heterocycles. The van der Waals surface area contributed by atoms with Gasteiger partial charge in [-0.2, -0.15) is 8.78 Å². The van der Waals surface area contributed by atoms with Gasteiger partial charge in [0.2, 0.25) is 0 Å². The Morgan fingerprint density at radius 2 is 2.00 bits per heavy atom. The first-order chi connectivity index (χ1) is 9.60. The predicted octanol–water partition coefficient (Wildman–Crippen LogP) is 4.52. The van der Waals surface area contributed by atoms with Crippen molar-refractivity contribution in [2.24, 2.45) is 5.92 Å². The third-order valence-electron chi connectivity index (χ3n) is 3.89. The monoisotopic (exact) mass is 283 g/mol. The zero-order valence-electron chi connectivity index (χ0n) is 12.1. The van der Waals surface area contributed by atoms with Crippen LogP contribution in [-0.2, 0) is 0 Å². The van der Waals surface area contributed by atoms with E-state index in [-0.39, 0.29) is 11.8 Å². The highest BCUT2D eigenvalue weighted by molar-refractivity contribution is 5.35. The molecule has 0 amide bonds. The number of nitrogens with one attached hydrogen (secondary N) is 1. The van der Waals surface area contributed by atoms with E-state index in [2.05, 4.69) is 17.0 Å². The summed E-state index contributed by atoms with van der Waals surface area (Å²) in [6.07, 6.45) is 4.90. The first kappa shape index (κ1) is 15.2. The number of hydrogen-bond donors (Lipinski definition) is 1. The van der Waals surface area contributed by atoms with E-state index < -0.39 is 6.61 Å². The Labute approximate surface area is 119 Å². The van der Waals surface area contributed by atoms with E-state index in [0.29, 0.717) is 6.04 Å². The van der Waals surface area contributed by atoms with Crippen LogP contribution in [0.25, 0.3) is 0 Å². The van der Waals surface area contributed by atoms with Gasteiger partial charge in [-0.05, 0) is 31.7 Å². The third-order valence-corrected chi connectivity index (χ3v) is 3.89. The normalized spacial score (nSPS) is 18.1. The summed E-state index contributed by atoms with van der Waals surface area (Å²) in [5.41, 5.74) is 0.794. The van der Waals surface area contributed by atoms with Crippen molar-refractivity contribution in [2.75, 3.05) is 0 Å². The van der Waals surface area contributed by atoms with Gasteiger partial charge in [0.05, 0.1) is 0 Å². The van der Waals surface area contributed by atoms with Gasteiger partial charge >= 0.3 is 6.61 Å². The van der Waals surface area contributed by atoms with Gasteiger partial charge in [-0.15, -0.1) is 0 Å². The molecule has 2 atom stereocenters. The lowest BCUT2D eigenvalue weighted by molar-refractivity contribution is -0.0506. The van der Waals surface area contributed by atoms with Crippen LogP contribution in [0.1, 0.15) is 51.1 Å². The van der Waals surface area contributed by atoms with Crippen molar-refractivity contribution in [1.82, 2.24) is 5.32 Å². The van der Waals surface area contributed by atoms with Gasteiger partial charge in [0.1, 0.15) is 5.75 Å². The van der Waals surface area contributed by atoms with Gasteiger partial charge in [-0.1, -0.05) is 38.0 Å². The van der Waals surface area contributed by atoms with Crippen LogP contribution >= 0.6 is 0 Å². The van der Waals surface area contributed by atoms with Crippen molar-refractivity contribution in [3.63, 3.8) is 0 Å². The highest BCUT2D eigenvalue weighted by atomic mass is 19.3. The summed E-state index contributed by atoms with van der Waals surface area (Å²) < 4.78 is 29.5. The zero-order valence-corrected chi connectivity index (χ0v) is 12.1. The summed E-state index contributed by atoms with van der Waals surface area (Å²) >= 11 is 0. The minimum Gasteiger partial charge on any atom is -0.434 e. The number of alkyl halides is 2. The molecule has 20 heavy (non-hydrogen) atoms. The molecule has 2 unspecified atom stereocenters. The van der Waals surface area contributed by atoms with E-state index in [1.807, 2.05) is 19.1 Å². The summed E-state index contributed by atoms with van der Waals surface area (Å²) in [6, 6.07) is 7.47. The molecular formula is C16H23F2NO. The number of para-hydroxylation sites is 1. The molecule has 0 saturated heterocycles. The molecule has 1 saturated carbocycles. The van der Waals surface area contributed by atoms with Crippen LogP contribution in [0.5, 0.6) is 5.75 Å². The summed E-state index contributed by atoms with van der Waals surface area (Å²) in [5.74, 6) is 1.12. The van der Waals surface area contributed by atoms with Crippen molar-refractivity contribution in [3.8, 4) is 5.75 Å². The second-order valence-corrected chi connectivity index (χ2v) is 5.59. The lowest BCUT2D eigenvalue weighted by atomic mass is 10.0. The van der Waals surface area contributed by atoms with Crippen molar-refractivity contribution in [2.45, 2.75) is 58.2 Å². The average molecular weight is 283 g/mol. The molecule has 1 aliphatic rings. The molecule has 4 heteroatoms. The van der Waals surface area contributed by atoms with Gasteiger partial charge < -0.3 is 10.1 Å². The number of halogens is 2. The molecule has 1 aromatic rings. The molecule has 1 aromatic carbocycles. The van der Waals surface area contributed by atoms with Crippen LogP contribution in [0.2, 0.25) is 0 Å². The number of rotatable bonds is 8. The summed E-state index contributed by atoms with van der Waals surface area (Å²) in [6.45, 7) is 1.38. The van der Waals surface area contributed by atoms with Gasteiger partial charge in [-0.25, -0.2) is 0 Å². The molecule has 2 rings (SSSR count). The topological polar surface area (TPSA) is 21.3 Å². The van der Waals surface area contributed by atoms with E-state index in [1.165, 1.54) is 19.3 Å². The van der Waals surface area contributed by atoms with Crippen LogP contribution in [0.4, 0.5) is 8.78 Å².